The Morgan fingerprint density at radius 1 is 1.60 bits per heavy atom. The van der Waals surface area contributed by atoms with Crippen LogP contribution in [0.3, 0.4) is 0 Å². The van der Waals surface area contributed by atoms with Crippen LogP contribution in [0, 0.1) is 17.7 Å². The van der Waals surface area contributed by atoms with Crippen LogP contribution >= 0.6 is 0 Å². The van der Waals surface area contributed by atoms with Gasteiger partial charge in [-0.05, 0) is 18.2 Å². The van der Waals surface area contributed by atoms with E-state index in [1.165, 1.54) is 25.3 Å². The van der Waals surface area contributed by atoms with E-state index >= 15 is 0 Å². The monoisotopic (exact) mass is 207 g/mol. The topological polar surface area (TPSA) is 52.3 Å². The molecule has 0 spiro atoms. The molecule has 0 unspecified atom stereocenters. The Morgan fingerprint density at radius 2 is 2.33 bits per heavy atom. The number of carbonyl (C=O) groups excluding carboxylic acids is 1. The molecule has 0 fully saturated rings. The maximum atomic E-state index is 12.9. The number of hydrogen-bond donors (Lipinski definition) is 1. The molecule has 78 valence electrons. The number of rotatable bonds is 2. The molecule has 0 aliphatic rings. The van der Waals surface area contributed by atoms with E-state index in [1.54, 1.807) is 0 Å². The highest BCUT2D eigenvalue weighted by Crippen LogP contribution is 2.17. The fourth-order valence-corrected chi connectivity index (χ4v) is 1.00. The van der Waals surface area contributed by atoms with Crippen molar-refractivity contribution in [1.29, 1.82) is 0 Å². The number of primary amides is 1. The van der Waals surface area contributed by atoms with Crippen molar-refractivity contribution >= 4 is 5.91 Å². The molecule has 15 heavy (non-hydrogen) atoms. The summed E-state index contributed by atoms with van der Waals surface area (Å²) in [6.45, 7) is 0. The van der Waals surface area contributed by atoms with Gasteiger partial charge < -0.3 is 10.5 Å². The molecule has 0 atom stereocenters. The number of nitrogens with two attached hydrogens (primary N) is 1. The maximum absolute atomic E-state index is 12.9. The van der Waals surface area contributed by atoms with Gasteiger partial charge in [-0.25, -0.2) is 4.39 Å². The van der Waals surface area contributed by atoms with E-state index in [0.29, 0.717) is 11.3 Å². The van der Waals surface area contributed by atoms with Gasteiger partial charge in [-0.15, -0.1) is 0 Å². The summed E-state index contributed by atoms with van der Waals surface area (Å²) in [5.41, 5.74) is 5.31. The smallest absolute Gasteiger partial charge is 0.229 e. The van der Waals surface area contributed by atoms with Gasteiger partial charge >= 0.3 is 0 Å². The number of methoxy groups -OCH3 is 1. The van der Waals surface area contributed by atoms with Crippen LogP contribution in [-0.2, 0) is 4.79 Å². The summed E-state index contributed by atoms with van der Waals surface area (Å²) < 4.78 is 17.8. The second-order valence-corrected chi connectivity index (χ2v) is 2.79. The Labute approximate surface area is 87.0 Å². The van der Waals surface area contributed by atoms with Gasteiger partial charge in [-0.3, -0.25) is 4.79 Å². The minimum atomic E-state index is -0.516. The standard InChI is InChI=1S/C11H10FNO2/c1-15-10-6-5-9(12)7-8(10)3-2-4-11(13)14/h5-7H,4H2,1H3,(H2,13,14). The van der Waals surface area contributed by atoms with E-state index in [9.17, 15) is 9.18 Å². The van der Waals surface area contributed by atoms with E-state index in [4.69, 9.17) is 10.5 Å². The quantitative estimate of drug-likeness (QED) is 0.737. The lowest BCUT2D eigenvalue weighted by molar-refractivity contribution is -0.117. The first-order valence-electron chi connectivity index (χ1n) is 4.24. The van der Waals surface area contributed by atoms with Crippen LogP contribution in [0.4, 0.5) is 4.39 Å². The Hall–Kier alpha value is -2.02. The van der Waals surface area contributed by atoms with E-state index in [0.717, 1.165) is 0 Å². The molecule has 0 aliphatic heterocycles. The van der Waals surface area contributed by atoms with Crippen molar-refractivity contribution in [3.8, 4) is 17.6 Å². The van der Waals surface area contributed by atoms with Gasteiger partial charge in [0.25, 0.3) is 0 Å². The average molecular weight is 207 g/mol. The van der Waals surface area contributed by atoms with Gasteiger partial charge in [0.05, 0.1) is 19.1 Å². The number of ether oxygens (including phenoxy) is 1. The van der Waals surface area contributed by atoms with Gasteiger partial charge in [0.1, 0.15) is 11.6 Å². The number of hydrogen-bond acceptors (Lipinski definition) is 2. The van der Waals surface area contributed by atoms with Crippen molar-refractivity contribution in [2.75, 3.05) is 7.11 Å². The predicted octanol–water partition coefficient (Wildman–Crippen LogP) is 1.06. The summed E-state index contributed by atoms with van der Waals surface area (Å²) in [7, 11) is 1.46. The molecule has 1 amide bonds. The van der Waals surface area contributed by atoms with Gasteiger partial charge in [0.15, 0.2) is 0 Å². The number of benzene rings is 1. The van der Waals surface area contributed by atoms with Gasteiger partial charge in [0, 0.05) is 0 Å². The van der Waals surface area contributed by atoms with Crippen molar-refractivity contribution in [2.45, 2.75) is 6.42 Å². The second-order valence-electron chi connectivity index (χ2n) is 2.79. The molecule has 0 aliphatic carbocycles. The van der Waals surface area contributed by atoms with Crippen molar-refractivity contribution in [1.82, 2.24) is 0 Å². The summed E-state index contributed by atoms with van der Waals surface area (Å²) in [5.74, 6) is 4.70. The largest absolute Gasteiger partial charge is 0.495 e. The predicted molar refractivity (Wildman–Crippen MR) is 53.6 cm³/mol. The lowest BCUT2D eigenvalue weighted by Gasteiger charge is -2.01. The molecule has 3 nitrogen and oxygen atoms in total. The van der Waals surface area contributed by atoms with Gasteiger partial charge in [-0.2, -0.15) is 0 Å². The highest BCUT2D eigenvalue weighted by atomic mass is 19.1. The minimum absolute atomic E-state index is 0.0559. The van der Waals surface area contributed by atoms with Crippen molar-refractivity contribution in [3.63, 3.8) is 0 Å². The lowest BCUT2D eigenvalue weighted by atomic mass is 10.2. The Morgan fingerprint density at radius 3 is 2.93 bits per heavy atom. The van der Waals surface area contributed by atoms with Crippen molar-refractivity contribution < 1.29 is 13.9 Å². The third-order valence-electron chi connectivity index (χ3n) is 1.65. The molecule has 1 rings (SSSR count). The summed E-state index contributed by atoms with van der Waals surface area (Å²) in [6, 6.07) is 3.99. The number of amides is 1. The fraction of sp³-hybridized carbons (Fsp3) is 0.182. The van der Waals surface area contributed by atoms with Crippen molar-refractivity contribution in [3.05, 3.63) is 29.6 Å². The fourth-order valence-electron chi connectivity index (χ4n) is 1.00. The van der Waals surface area contributed by atoms with Crippen molar-refractivity contribution in [2.24, 2.45) is 5.73 Å². The molecule has 0 saturated heterocycles. The lowest BCUT2D eigenvalue weighted by Crippen LogP contribution is -2.08. The third kappa shape index (κ3) is 3.31. The average Bonchev–Trinajstić information content (AvgIpc) is 2.17. The summed E-state index contributed by atoms with van der Waals surface area (Å²) in [4.78, 5) is 10.4. The molecule has 0 aromatic heterocycles. The first-order chi connectivity index (χ1) is 7.13. The van der Waals surface area contributed by atoms with E-state index in [1.807, 2.05) is 0 Å². The summed E-state index contributed by atoms with van der Waals surface area (Å²) >= 11 is 0. The van der Waals surface area contributed by atoms with Crippen LogP contribution in [0.15, 0.2) is 18.2 Å². The molecule has 0 saturated carbocycles. The first kappa shape index (κ1) is 11.1. The number of carbonyl (C=O) groups is 1. The molecule has 1 aromatic carbocycles. The van der Waals surface area contributed by atoms with E-state index in [-0.39, 0.29) is 6.42 Å². The van der Waals surface area contributed by atoms with E-state index in [2.05, 4.69) is 11.8 Å². The Kier molecular flexibility index (Phi) is 3.69. The summed E-state index contributed by atoms with van der Waals surface area (Å²) in [5, 5.41) is 0. The maximum Gasteiger partial charge on any atom is 0.229 e. The zero-order chi connectivity index (χ0) is 11.3. The molecule has 0 heterocycles. The normalized spacial score (nSPS) is 8.93. The minimum Gasteiger partial charge on any atom is -0.495 e. The molecule has 1 aromatic rings. The molecular weight excluding hydrogens is 197 g/mol. The number of halogens is 1. The highest BCUT2D eigenvalue weighted by Gasteiger charge is 2.01. The molecule has 4 heteroatoms. The molecule has 0 radical (unpaired) electrons. The van der Waals surface area contributed by atoms with Crippen LogP contribution < -0.4 is 10.5 Å². The third-order valence-corrected chi connectivity index (χ3v) is 1.65. The van der Waals surface area contributed by atoms with Crippen LogP contribution in [-0.4, -0.2) is 13.0 Å². The first-order valence-corrected chi connectivity index (χ1v) is 4.24. The molecule has 2 N–H and O–H groups in total. The van der Waals surface area contributed by atoms with E-state index < -0.39 is 11.7 Å². The van der Waals surface area contributed by atoms with Crippen LogP contribution in [0.25, 0.3) is 0 Å². The highest BCUT2D eigenvalue weighted by molar-refractivity contribution is 5.76. The molecular formula is C11H10FNO2. The zero-order valence-electron chi connectivity index (χ0n) is 8.21. The van der Waals surface area contributed by atoms with Gasteiger partial charge in [-0.1, -0.05) is 11.8 Å². The van der Waals surface area contributed by atoms with Gasteiger partial charge in [0.2, 0.25) is 5.91 Å². The SMILES string of the molecule is COc1ccc(F)cc1C#CCC(N)=O. The van der Waals surface area contributed by atoms with Crippen LogP contribution in [0.2, 0.25) is 0 Å². The second kappa shape index (κ2) is 5.01. The summed E-state index contributed by atoms with van der Waals surface area (Å²) in [6.07, 6.45) is -0.0559. The zero-order valence-corrected chi connectivity index (χ0v) is 8.21. The van der Waals surface area contributed by atoms with Crippen LogP contribution in [0.5, 0.6) is 5.75 Å². The Bertz CT molecular complexity index is 432. The Balaban J connectivity index is 2.94. The molecule has 0 bridgehead atoms. The van der Waals surface area contributed by atoms with Crippen LogP contribution in [0.1, 0.15) is 12.0 Å².